The molecular weight excluding hydrogens is 606 g/mol. The molecule has 1 atom stereocenters. The van der Waals surface area contributed by atoms with Crippen LogP contribution in [0, 0.1) is 0 Å². The Balaban J connectivity index is 1.15. The van der Waals surface area contributed by atoms with Crippen LogP contribution in [-0.2, 0) is 20.9 Å². The molecule has 3 N–H and O–H groups in total. The Labute approximate surface area is 284 Å². The Bertz CT molecular complexity index is 1470. The number of hydrogen-bond acceptors (Lipinski definition) is 7. The molecule has 48 heavy (non-hydrogen) atoms. The number of nitrogens with zero attached hydrogens (tertiary/aromatic N) is 3. The fraction of sp³-hybridized carbons (Fsp3) is 0.447. The average molecular weight is 656 g/mol. The summed E-state index contributed by atoms with van der Waals surface area (Å²) in [4.78, 5) is 42.8. The van der Waals surface area contributed by atoms with Gasteiger partial charge in [-0.05, 0) is 68.0 Å². The van der Waals surface area contributed by atoms with Crippen molar-refractivity contribution < 1.29 is 24.2 Å². The maximum absolute atomic E-state index is 13.9. The highest BCUT2D eigenvalue weighted by Gasteiger charge is 2.33. The van der Waals surface area contributed by atoms with Gasteiger partial charge < -0.3 is 20.1 Å². The van der Waals surface area contributed by atoms with Gasteiger partial charge in [0.25, 0.3) is 5.91 Å². The van der Waals surface area contributed by atoms with Gasteiger partial charge in [0.1, 0.15) is 11.9 Å². The maximum Gasteiger partial charge on any atom is 0.411 e. The largest absolute Gasteiger partial charge is 0.508 e. The second kappa shape index (κ2) is 17.7. The lowest BCUT2D eigenvalue weighted by molar-refractivity contribution is -0.167. The van der Waals surface area contributed by atoms with Crippen LogP contribution in [0.25, 0.3) is 11.1 Å². The monoisotopic (exact) mass is 655 g/mol. The molecule has 256 valence electrons. The van der Waals surface area contributed by atoms with Gasteiger partial charge in [0.05, 0.1) is 18.3 Å². The number of para-hydroxylation sites is 1. The molecule has 10 nitrogen and oxygen atoms in total. The highest BCUT2D eigenvalue weighted by atomic mass is 16.6. The first-order valence-corrected chi connectivity index (χ1v) is 17.4. The topological polar surface area (TPSA) is 114 Å². The Kier molecular flexibility index (Phi) is 12.8. The van der Waals surface area contributed by atoms with Crippen LogP contribution in [0.15, 0.2) is 78.9 Å². The number of aromatic hydroxyl groups is 1. The Morgan fingerprint density at radius 1 is 0.917 bits per heavy atom. The van der Waals surface area contributed by atoms with E-state index in [1.807, 2.05) is 54.6 Å². The van der Waals surface area contributed by atoms with E-state index in [9.17, 15) is 19.5 Å². The molecule has 0 unspecified atom stereocenters. The number of hydrogen-bond donors (Lipinski definition) is 3. The summed E-state index contributed by atoms with van der Waals surface area (Å²) >= 11 is 0. The van der Waals surface area contributed by atoms with Gasteiger partial charge in [0, 0.05) is 38.2 Å². The summed E-state index contributed by atoms with van der Waals surface area (Å²) in [5.41, 5.74) is 3.50. The molecule has 0 spiro atoms. The van der Waals surface area contributed by atoms with Gasteiger partial charge in [-0.2, -0.15) is 0 Å². The van der Waals surface area contributed by atoms with E-state index in [1.54, 1.807) is 34.3 Å². The van der Waals surface area contributed by atoms with E-state index < -0.39 is 6.09 Å². The van der Waals surface area contributed by atoms with Gasteiger partial charge in [-0.15, -0.1) is 0 Å². The van der Waals surface area contributed by atoms with Crippen molar-refractivity contribution in [2.45, 2.75) is 77.0 Å². The number of ether oxygens (including phenoxy) is 1. The number of amides is 3. The minimum atomic E-state index is -0.468. The zero-order valence-corrected chi connectivity index (χ0v) is 28.0. The van der Waals surface area contributed by atoms with E-state index in [2.05, 4.69) is 22.5 Å². The fourth-order valence-corrected chi connectivity index (χ4v) is 6.41. The van der Waals surface area contributed by atoms with Crippen LogP contribution in [0.1, 0.15) is 63.9 Å². The second-order valence-electron chi connectivity index (χ2n) is 12.7. The lowest BCUT2D eigenvalue weighted by Gasteiger charge is -2.37. The molecule has 0 bridgehead atoms. The number of carbonyl (C=O) groups excluding carboxylic acids is 3. The third kappa shape index (κ3) is 9.81. The van der Waals surface area contributed by atoms with E-state index in [1.165, 1.54) is 0 Å². The van der Waals surface area contributed by atoms with Crippen LogP contribution in [0.3, 0.4) is 0 Å². The van der Waals surface area contributed by atoms with Gasteiger partial charge >= 0.3 is 6.09 Å². The fourth-order valence-electron chi connectivity index (χ4n) is 6.41. The van der Waals surface area contributed by atoms with Crippen molar-refractivity contribution in [2.75, 3.05) is 38.0 Å². The normalized spacial score (nSPS) is 16.7. The third-order valence-corrected chi connectivity index (χ3v) is 9.13. The predicted molar refractivity (Wildman–Crippen MR) is 187 cm³/mol. The number of rotatable bonds is 13. The Morgan fingerprint density at radius 3 is 2.35 bits per heavy atom. The summed E-state index contributed by atoms with van der Waals surface area (Å²) in [6.45, 7) is 5.63. The maximum atomic E-state index is 13.9. The summed E-state index contributed by atoms with van der Waals surface area (Å²) in [5, 5.41) is 19.3. The lowest BCUT2D eigenvalue weighted by Crippen LogP contribution is -2.55. The lowest BCUT2D eigenvalue weighted by atomic mass is 10.0. The highest BCUT2D eigenvalue weighted by Crippen LogP contribution is 2.28. The molecule has 2 aliphatic heterocycles. The standard InChI is InChI=1S/C38H49N5O5/c1-2-3-9-24-42(43(37(46)35-15-10-23-39-35)28-29-16-18-31(44)19-17-29)36(45)22-27-41-25-20-32(21-26-41)48-38(47)40-34-14-8-7-13-33(34)30-11-5-4-6-12-30/h4-8,11-14,16-19,32,35,39,44H,2-3,9-10,15,20-28H2,1H3,(H,40,47)/t35-/m0/s1. The van der Waals surface area contributed by atoms with Crippen LogP contribution < -0.4 is 10.6 Å². The predicted octanol–water partition coefficient (Wildman–Crippen LogP) is 6.18. The minimum Gasteiger partial charge on any atom is -0.508 e. The molecule has 10 heteroatoms. The summed E-state index contributed by atoms with van der Waals surface area (Å²) in [7, 11) is 0. The molecule has 0 aromatic heterocycles. The molecular formula is C38H49N5O5. The van der Waals surface area contributed by atoms with Crippen LogP contribution in [0.5, 0.6) is 5.75 Å². The first-order chi connectivity index (χ1) is 23.4. The molecule has 3 amide bonds. The van der Waals surface area contributed by atoms with Crippen molar-refractivity contribution in [3.8, 4) is 16.9 Å². The number of piperidine rings is 1. The molecule has 5 rings (SSSR count). The van der Waals surface area contributed by atoms with E-state index in [0.717, 1.165) is 55.3 Å². The van der Waals surface area contributed by atoms with E-state index >= 15 is 0 Å². The van der Waals surface area contributed by atoms with Crippen molar-refractivity contribution >= 4 is 23.6 Å². The SMILES string of the molecule is CCCCCN(C(=O)CCN1CCC(OC(=O)Nc2ccccc2-c2ccccc2)CC1)N(Cc1ccc(O)cc1)C(=O)[C@@H]1CCCN1. The zero-order valence-electron chi connectivity index (χ0n) is 28.0. The quantitative estimate of drug-likeness (QED) is 0.149. The molecule has 2 heterocycles. The summed E-state index contributed by atoms with van der Waals surface area (Å²) in [6.07, 6.45) is 5.42. The van der Waals surface area contributed by atoms with E-state index in [0.29, 0.717) is 44.7 Å². The van der Waals surface area contributed by atoms with Crippen LogP contribution in [-0.4, -0.2) is 82.8 Å². The van der Waals surface area contributed by atoms with Crippen molar-refractivity contribution in [1.82, 2.24) is 20.2 Å². The molecule has 3 aromatic carbocycles. The number of carbonyl (C=O) groups is 3. The zero-order chi connectivity index (χ0) is 33.7. The number of likely N-dealkylation sites (tertiary alicyclic amines) is 1. The van der Waals surface area contributed by atoms with Gasteiger partial charge in [-0.3, -0.25) is 19.9 Å². The van der Waals surface area contributed by atoms with Crippen LogP contribution >= 0.6 is 0 Å². The summed E-state index contributed by atoms with van der Waals surface area (Å²) < 4.78 is 5.81. The van der Waals surface area contributed by atoms with Crippen molar-refractivity contribution in [2.24, 2.45) is 0 Å². The average Bonchev–Trinajstić information content (AvgIpc) is 3.66. The molecule has 2 fully saturated rings. The van der Waals surface area contributed by atoms with Gasteiger partial charge in [0.2, 0.25) is 5.91 Å². The molecule has 0 aliphatic carbocycles. The molecule has 0 saturated carbocycles. The first-order valence-electron chi connectivity index (χ1n) is 17.4. The summed E-state index contributed by atoms with van der Waals surface area (Å²) in [5.74, 6) is -0.00716. The Hall–Kier alpha value is -4.41. The molecule has 2 saturated heterocycles. The number of hydrazine groups is 1. The van der Waals surface area contributed by atoms with Crippen molar-refractivity contribution in [3.63, 3.8) is 0 Å². The van der Waals surface area contributed by atoms with Crippen molar-refractivity contribution in [3.05, 3.63) is 84.4 Å². The highest BCUT2D eigenvalue weighted by molar-refractivity contribution is 5.91. The van der Waals surface area contributed by atoms with E-state index in [-0.39, 0.29) is 42.7 Å². The summed E-state index contributed by atoms with van der Waals surface area (Å²) in [6, 6.07) is 24.1. The molecule has 3 aromatic rings. The number of nitrogens with one attached hydrogen (secondary N) is 2. The van der Waals surface area contributed by atoms with Gasteiger partial charge in [-0.25, -0.2) is 9.80 Å². The number of unbranched alkanes of at least 4 members (excludes halogenated alkanes) is 2. The van der Waals surface area contributed by atoms with Crippen LogP contribution in [0.2, 0.25) is 0 Å². The van der Waals surface area contributed by atoms with Crippen LogP contribution in [0.4, 0.5) is 10.5 Å². The minimum absolute atomic E-state index is 0.0777. The smallest absolute Gasteiger partial charge is 0.411 e. The number of phenolic OH excluding ortho intramolecular Hbond substituents is 1. The van der Waals surface area contributed by atoms with Crippen molar-refractivity contribution in [1.29, 1.82) is 0 Å². The first kappa shape index (κ1) is 34.9. The number of anilines is 1. The van der Waals surface area contributed by atoms with Gasteiger partial charge in [-0.1, -0.05) is 80.4 Å². The van der Waals surface area contributed by atoms with Gasteiger partial charge in [0.15, 0.2) is 0 Å². The third-order valence-electron chi connectivity index (χ3n) is 9.13. The number of benzene rings is 3. The number of phenols is 1. The van der Waals surface area contributed by atoms with E-state index in [4.69, 9.17) is 4.74 Å². The molecule has 2 aliphatic rings. The Morgan fingerprint density at radius 2 is 1.65 bits per heavy atom. The molecule has 0 radical (unpaired) electrons. The second-order valence-corrected chi connectivity index (χ2v) is 12.7.